The molecule has 3 aromatic rings. The predicted octanol–water partition coefficient (Wildman–Crippen LogP) is 3.34. The van der Waals surface area contributed by atoms with Gasteiger partial charge in [-0.25, -0.2) is 0 Å². The lowest BCUT2D eigenvalue weighted by atomic mass is 10.1. The van der Waals surface area contributed by atoms with Crippen LogP contribution in [-0.2, 0) is 6.54 Å². The third-order valence-corrected chi connectivity index (χ3v) is 4.43. The topological polar surface area (TPSA) is 78.8 Å². The van der Waals surface area contributed by atoms with Crippen LogP contribution < -0.4 is 0 Å². The smallest absolute Gasteiger partial charge is 0.244 e. The molecule has 0 unspecified atom stereocenters. The molecule has 0 N–H and O–H groups in total. The zero-order chi connectivity index (χ0) is 17.1. The van der Waals surface area contributed by atoms with Gasteiger partial charge in [0.2, 0.25) is 11.7 Å². The molecule has 0 saturated carbocycles. The molecule has 1 aliphatic heterocycles. The fraction of sp³-hybridized carbons (Fsp3) is 0.263. The summed E-state index contributed by atoms with van der Waals surface area (Å²) in [6, 6.07) is 15.4. The number of aromatic nitrogens is 3. The molecule has 6 nitrogen and oxygen atoms in total. The zero-order valence-electron chi connectivity index (χ0n) is 13.7. The van der Waals surface area contributed by atoms with Gasteiger partial charge in [-0.05, 0) is 43.7 Å². The maximum Gasteiger partial charge on any atom is 0.244 e. The number of rotatable bonds is 4. The Balaban J connectivity index is 1.55. The molecule has 0 radical (unpaired) electrons. The summed E-state index contributed by atoms with van der Waals surface area (Å²) in [6.45, 7) is 1.76. The van der Waals surface area contributed by atoms with Crippen LogP contribution in [0.4, 0.5) is 0 Å². The van der Waals surface area contributed by atoms with Gasteiger partial charge in [0, 0.05) is 18.3 Å². The van der Waals surface area contributed by atoms with E-state index in [9.17, 15) is 0 Å². The Morgan fingerprint density at radius 1 is 1.24 bits per heavy atom. The maximum atomic E-state index is 9.03. The molecule has 2 aromatic heterocycles. The highest BCUT2D eigenvalue weighted by molar-refractivity contribution is 5.57. The Labute approximate surface area is 145 Å². The summed E-state index contributed by atoms with van der Waals surface area (Å²) in [5.74, 6) is 1.16. The third-order valence-electron chi connectivity index (χ3n) is 4.43. The summed E-state index contributed by atoms with van der Waals surface area (Å²) in [4.78, 5) is 11.3. The highest BCUT2D eigenvalue weighted by Gasteiger charge is 2.31. The van der Waals surface area contributed by atoms with Gasteiger partial charge in [-0.1, -0.05) is 23.4 Å². The van der Waals surface area contributed by atoms with E-state index >= 15 is 0 Å². The van der Waals surface area contributed by atoms with E-state index in [-0.39, 0.29) is 6.04 Å². The van der Waals surface area contributed by atoms with Crippen LogP contribution in [0.3, 0.4) is 0 Å². The first kappa shape index (κ1) is 15.5. The molecule has 0 amide bonds. The van der Waals surface area contributed by atoms with Crippen molar-refractivity contribution in [3.05, 3.63) is 65.8 Å². The Morgan fingerprint density at radius 2 is 2.20 bits per heavy atom. The van der Waals surface area contributed by atoms with Crippen LogP contribution in [0.15, 0.2) is 53.2 Å². The van der Waals surface area contributed by atoms with Gasteiger partial charge in [-0.15, -0.1) is 0 Å². The highest BCUT2D eigenvalue weighted by Crippen LogP contribution is 2.33. The minimum absolute atomic E-state index is 0.113. The van der Waals surface area contributed by atoms with Gasteiger partial charge in [0.1, 0.15) is 0 Å². The number of nitriles is 1. The van der Waals surface area contributed by atoms with Gasteiger partial charge < -0.3 is 4.52 Å². The molecule has 1 fully saturated rings. The lowest BCUT2D eigenvalue weighted by molar-refractivity contribution is 0.199. The van der Waals surface area contributed by atoms with Crippen LogP contribution in [0.2, 0.25) is 0 Å². The summed E-state index contributed by atoms with van der Waals surface area (Å²) >= 11 is 0. The van der Waals surface area contributed by atoms with Crippen molar-refractivity contribution in [1.82, 2.24) is 20.0 Å². The quantitative estimate of drug-likeness (QED) is 0.729. The predicted molar refractivity (Wildman–Crippen MR) is 91.1 cm³/mol. The summed E-state index contributed by atoms with van der Waals surface area (Å²) in [5, 5.41) is 13.1. The molecule has 4 rings (SSSR count). The Kier molecular flexibility index (Phi) is 4.23. The fourth-order valence-electron chi connectivity index (χ4n) is 3.21. The van der Waals surface area contributed by atoms with Crippen molar-refractivity contribution in [2.45, 2.75) is 25.4 Å². The molecule has 0 aliphatic carbocycles. The van der Waals surface area contributed by atoms with Crippen LogP contribution in [0.25, 0.3) is 11.4 Å². The first-order valence-electron chi connectivity index (χ1n) is 8.31. The van der Waals surface area contributed by atoms with Gasteiger partial charge in [0.15, 0.2) is 0 Å². The molecule has 25 heavy (non-hydrogen) atoms. The molecule has 124 valence electrons. The van der Waals surface area contributed by atoms with Crippen LogP contribution >= 0.6 is 0 Å². The molecular formula is C19H17N5O. The first-order chi connectivity index (χ1) is 12.3. The first-order valence-corrected chi connectivity index (χ1v) is 8.31. The molecule has 1 saturated heterocycles. The molecule has 3 heterocycles. The van der Waals surface area contributed by atoms with E-state index in [1.54, 1.807) is 12.1 Å². The molecule has 0 bridgehead atoms. The number of likely N-dealkylation sites (tertiary alicyclic amines) is 1. The number of pyridine rings is 1. The Hall–Kier alpha value is -3.04. The largest absolute Gasteiger partial charge is 0.337 e. The van der Waals surface area contributed by atoms with Crippen molar-refractivity contribution < 1.29 is 4.52 Å². The number of benzene rings is 1. The van der Waals surface area contributed by atoms with Gasteiger partial charge >= 0.3 is 0 Å². The van der Waals surface area contributed by atoms with Crippen molar-refractivity contribution in [1.29, 1.82) is 5.26 Å². The van der Waals surface area contributed by atoms with Gasteiger partial charge in [-0.3, -0.25) is 9.88 Å². The number of nitrogens with zero attached hydrogens (tertiary/aromatic N) is 5. The van der Waals surface area contributed by atoms with Crippen molar-refractivity contribution in [2.75, 3.05) is 6.54 Å². The Morgan fingerprint density at radius 3 is 3.04 bits per heavy atom. The van der Waals surface area contributed by atoms with Crippen molar-refractivity contribution in [3.63, 3.8) is 0 Å². The number of hydrogen-bond donors (Lipinski definition) is 0. The maximum absolute atomic E-state index is 9.03. The standard InChI is InChI=1S/C19H17N5O/c20-12-14-5-3-6-15(11-14)18-22-19(25-23-18)17-8-4-10-24(17)13-16-7-1-2-9-21-16/h1-3,5-7,9,11,17H,4,8,10,13H2/t17-/m0/s1. The highest BCUT2D eigenvalue weighted by atomic mass is 16.5. The average molecular weight is 331 g/mol. The van der Waals surface area contributed by atoms with E-state index in [1.165, 1.54) is 0 Å². The Bertz CT molecular complexity index is 899. The minimum Gasteiger partial charge on any atom is -0.337 e. The van der Waals surface area contributed by atoms with Gasteiger partial charge in [-0.2, -0.15) is 10.2 Å². The van der Waals surface area contributed by atoms with E-state index < -0.39 is 0 Å². The third kappa shape index (κ3) is 3.28. The van der Waals surface area contributed by atoms with Crippen molar-refractivity contribution >= 4 is 0 Å². The summed E-state index contributed by atoms with van der Waals surface area (Å²) < 4.78 is 5.54. The number of hydrogen-bond acceptors (Lipinski definition) is 6. The van der Waals surface area contributed by atoms with E-state index in [0.29, 0.717) is 17.3 Å². The van der Waals surface area contributed by atoms with E-state index in [2.05, 4.69) is 26.1 Å². The van der Waals surface area contributed by atoms with Gasteiger partial charge in [0.25, 0.3) is 0 Å². The molecule has 6 heteroatoms. The fourth-order valence-corrected chi connectivity index (χ4v) is 3.21. The second-order valence-corrected chi connectivity index (χ2v) is 6.10. The van der Waals surface area contributed by atoms with E-state index in [0.717, 1.165) is 37.2 Å². The normalized spacial score (nSPS) is 17.5. The molecular weight excluding hydrogens is 314 g/mol. The van der Waals surface area contributed by atoms with E-state index in [4.69, 9.17) is 9.78 Å². The second-order valence-electron chi connectivity index (χ2n) is 6.10. The van der Waals surface area contributed by atoms with Crippen molar-refractivity contribution in [2.24, 2.45) is 0 Å². The van der Waals surface area contributed by atoms with Crippen molar-refractivity contribution in [3.8, 4) is 17.5 Å². The summed E-state index contributed by atoms with van der Waals surface area (Å²) in [7, 11) is 0. The lowest BCUT2D eigenvalue weighted by Crippen LogP contribution is -2.23. The summed E-state index contributed by atoms with van der Waals surface area (Å²) in [6.07, 6.45) is 3.90. The van der Waals surface area contributed by atoms with E-state index in [1.807, 2.05) is 36.5 Å². The van der Waals surface area contributed by atoms with Crippen LogP contribution in [-0.4, -0.2) is 26.6 Å². The molecule has 1 aliphatic rings. The molecule has 0 spiro atoms. The second kappa shape index (κ2) is 6.83. The monoisotopic (exact) mass is 331 g/mol. The lowest BCUT2D eigenvalue weighted by Gasteiger charge is -2.20. The van der Waals surface area contributed by atoms with Gasteiger partial charge in [0.05, 0.1) is 23.4 Å². The SMILES string of the molecule is N#Cc1cccc(-c2noc([C@@H]3CCCN3Cc3ccccn3)n2)c1. The summed E-state index contributed by atoms with van der Waals surface area (Å²) in [5.41, 5.74) is 2.42. The van der Waals surface area contributed by atoms with Crippen LogP contribution in [0.5, 0.6) is 0 Å². The zero-order valence-corrected chi connectivity index (χ0v) is 13.7. The minimum atomic E-state index is 0.113. The van der Waals surface area contributed by atoms with Crippen LogP contribution in [0, 0.1) is 11.3 Å². The average Bonchev–Trinajstić information content (AvgIpc) is 3.32. The van der Waals surface area contributed by atoms with Crippen LogP contribution in [0.1, 0.15) is 36.0 Å². The molecule has 1 atom stereocenters. The molecule has 1 aromatic carbocycles.